The molecular formula is C12H13N3O3S. The summed E-state index contributed by atoms with van der Waals surface area (Å²) in [5.74, 6) is 0. The van der Waals surface area contributed by atoms with Gasteiger partial charge in [-0.2, -0.15) is 9.78 Å². The Kier molecular flexibility index (Phi) is 3.39. The van der Waals surface area contributed by atoms with Gasteiger partial charge in [-0.25, -0.2) is 13.2 Å². The monoisotopic (exact) mass is 279 g/mol. The van der Waals surface area contributed by atoms with E-state index in [-0.39, 0.29) is 4.90 Å². The van der Waals surface area contributed by atoms with Crippen LogP contribution in [0.2, 0.25) is 0 Å². The third-order valence-electron chi connectivity index (χ3n) is 2.63. The van der Waals surface area contributed by atoms with Crippen LogP contribution >= 0.6 is 0 Å². The zero-order valence-electron chi connectivity index (χ0n) is 10.5. The van der Waals surface area contributed by atoms with E-state index in [1.54, 1.807) is 25.1 Å². The zero-order chi connectivity index (χ0) is 14.0. The number of rotatable bonds is 3. The molecule has 1 heterocycles. The van der Waals surface area contributed by atoms with Crippen molar-refractivity contribution in [1.82, 2.24) is 14.3 Å². The van der Waals surface area contributed by atoms with Gasteiger partial charge in [0.05, 0.1) is 10.3 Å². The third kappa shape index (κ3) is 2.65. The molecule has 19 heavy (non-hydrogen) atoms. The highest BCUT2D eigenvalue weighted by Gasteiger charge is 2.12. The highest BCUT2D eigenvalue weighted by atomic mass is 32.2. The molecule has 0 aliphatic heterocycles. The minimum Gasteiger partial charge on any atom is -0.284 e. The van der Waals surface area contributed by atoms with Crippen molar-refractivity contribution in [2.24, 2.45) is 7.05 Å². The maximum absolute atomic E-state index is 12.1. The molecule has 1 aromatic carbocycles. The van der Waals surface area contributed by atoms with Crippen LogP contribution in [0, 0.1) is 6.92 Å². The van der Waals surface area contributed by atoms with Crippen LogP contribution in [0.3, 0.4) is 0 Å². The molecule has 7 heteroatoms. The molecule has 0 aliphatic carbocycles. The molecular weight excluding hydrogens is 266 g/mol. The molecule has 0 radical (unpaired) electrons. The Labute approximate surface area is 110 Å². The summed E-state index contributed by atoms with van der Waals surface area (Å²) in [5, 5.41) is 4.73. The maximum Gasteiger partial charge on any atom is 0.349 e. The normalized spacial score (nSPS) is 12.1. The van der Waals surface area contributed by atoms with Crippen molar-refractivity contribution in [3.05, 3.63) is 52.0 Å². The average Bonchev–Trinajstić information content (AvgIpc) is 2.68. The van der Waals surface area contributed by atoms with Gasteiger partial charge in [-0.3, -0.25) is 4.57 Å². The first-order chi connectivity index (χ1) is 8.92. The van der Waals surface area contributed by atoms with Crippen molar-refractivity contribution in [3.8, 4) is 0 Å². The summed E-state index contributed by atoms with van der Waals surface area (Å²) in [5.41, 5.74) is 0.247. The number of aromatic nitrogens is 3. The molecule has 0 N–H and O–H groups in total. The largest absolute Gasteiger partial charge is 0.349 e. The highest BCUT2D eigenvalue weighted by molar-refractivity contribution is 7.94. The Morgan fingerprint density at radius 1 is 1.26 bits per heavy atom. The standard InChI is InChI=1S/C12H13N3O3S/c1-10-5-3-4-6-11(10)19(17,18)8-7-15-12(16)14(2)9-13-15/h3-9H,1-2H3/b8-7+. The summed E-state index contributed by atoms with van der Waals surface area (Å²) in [7, 11) is -2.05. The second-order valence-electron chi connectivity index (χ2n) is 4.06. The van der Waals surface area contributed by atoms with E-state index in [0.29, 0.717) is 5.56 Å². The Hall–Kier alpha value is -2.15. The molecule has 2 aromatic rings. The van der Waals surface area contributed by atoms with Gasteiger partial charge in [0, 0.05) is 13.2 Å². The lowest BCUT2D eigenvalue weighted by atomic mass is 10.2. The number of benzene rings is 1. The summed E-state index contributed by atoms with van der Waals surface area (Å²) in [6.07, 6.45) is 2.46. The minimum absolute atomic E-state index is 0.218. The summed E-state index contributed by atoms with van der Waals surface area (Å²) >= 11 is 0. The maximum atomic E-state index is 12.1. The molecule has 0 bridgehead atoms. The smallest absolute Gasteiger partial charge is 0.284 e. The second kappa shape index (κ2) is 4.85. The first-order valence-electron chi connectivity index (χ1n) is 5.51. The third-order valence-corrected chi connectivity index (χ3v) is 4.18. The quantitative estimate of drug-likeness (QED) is 0.832. The van der Waals surface area contributed by atoms with Crippen molar-refractivity contribution < 1.29 is 8.42 Å². The van der Waals surface area contributed by atoms with Gasteiger partial charge in [0.15, 0.2) is 0 Å². The highest BCUT2D eigenvalue weighted by Crippen LogP contribution is 2.16. The van der Waals surface area contributed by atoms with E-state index in [0.717, 1.165) is 16.3 Å². The molecule has 0 fully saturated rings. The van der Waals surface area contributed by atoms with Crippen molar-refractivity contribution in [1.29, 1.82) is 0 Å². The van der Waals surface area contributed by atoms with E-state index < -0.39 is 15.5 Å². The van der Waals surface area contributed by atoms with Crippen molar-refractivity contribution in [2.45, 2.75) is 11.8 Å². The van der Waals surface area contributed by atoms with Gasteiger partial charge in [0.2, 0.25) is 9.84 Å². The fraction of sp³-hybridized carbons (Fsp3) is 0.167. The van der Waals surface area contributed by atoms with Crippen LogP contribution in [0.15, 0.2) is 45.7 Å². The van der Waals surface area contributed by atoms with Crippen LogP contribution in [-0.4, -0.2) is 22.8 Å². The van der Waals surface area contributed by atoms with E-state index in [4.69, 9.17) is 0 Å². The van der Waals surface area contributed by atoms with Crippen LogP contribution in [0.1, 0.15) is 5.56 Å². The Morgan fingerprint density at radius 2 is 1.95 bits per heavy atom. The molecule has 0 saturated carbocycles. The summed E-state index contributed by atoms with van der Waals surface area (Å²) in [6, 6.07) is 6.66. The number of aryl methyl sites for hydroxylation is 2. The summed E-state index contributed by atoms with van der Waals surface area (Å²) in [6.45, 7) is 1.72. The molecule has 2 rings (SSSR count). The number of nitrogens with zero attached hydrogens (tertiary/aromatic N) is 3. The molecule has 0 amide bonds. The molecule has 0 spiro atoms. The molecule has 1 aromatic heterocycles. The predicted molar refractivity (Wildman–Crippen MR) is 71.2 cm³/mol. The lowest BCUT2D eigenvalue weighted by molar-refractivity contribution is 0.604. The summed E-state index contributed by atoms with van der Waals surface area (Å²) in [4.78, 5) is 11.7. The summed E-state index contributed by atoms with van der Waals surface area (Å²) < 4.78 is 26.4. The number of hydrogen-bond acceptors (Lipinski definition) is 4. The molecule has 0 atom stereocenters. The van der Waals surface area contributed by atoms with E-state index in [1.807, 2.05) is 0 Å². The van der Waals surface area contributed by atoms with Crippen molar-refractivity contribution in [2.75, 3.05) is 0 Å². The van der Waals surface area contributed by atoms with Crippen LogP contribution in [0.25, 0.3) is 6.20 Å². The van der Waals surface area contributed by atoms with Crippen LogP contribution < -0.4 is 5.69 Å². The lowest BCUT2D eigenvalue weighted by Crippen LogP contribution is -2.19. The predicted octanol–water partition coefficient (Wildman–Crippen LogP) is 0.792. The molecule has 0 unspecified atom stereocenters. The van der Waals surface area contributed by atoms with Gasteiger partial charge in [-0.15, -0.1) is 0 Å². The van der Waals surface area contributed by atoms with Gasteiger partial charge in [0.1, 0.15) is 6.33 Å². The van der Waals surface area contributed by atoms with Crippen molar-refractivity contribution in [3.63, 3.8) is 0 Å². The SMILES string of the molecule is Cc1ccccc1S(=O)(=O)/C=C/n1ncn(C)c1=O. The fourth-order valence-corrected chi connectivity index (χ4v) is 2.79. The van der Waals surface area contributed by atoms with Crippen LogP contribution in [0.5, 0.6) is 0 Å². The van der Waals surface area contributed by atoms with Crippen molar-refractivity contribution >= 4 is 16.0 Å². The molecule has 0 aliphatic rings. The average molecular weight is 279 g/mol. The Bertz CT molecular complexity index is 785. The Morgan fingerprint density at radius 3 is 2.53 bits per heavy atom. The topological polar surface area (TPSA) is 74.0 Å². The Balaban J connectivity index is 2.41. The van der Waals surface area contributed by atoms with E-state index in [2.05, 4.69) is 5.10 Å². The molecule has 0 saturated heterocycles. The van der Waals surface area contributed by atoms with Gasteiger partial charge in [-0.1, -0.05) is 18.2 Å². The molecule has 100 valence electrons. The fourth-order valence-electron chi connectivity index (χ4n) is 1.58. The minimum atomic E-state index is -3.59. The zero-order valence-corrected chi connectivity index (χ0v) is 11.3. The van der Waals surface area contributed by atoms with Gasteiger partial charge in [-0.05, 0) is 18.6 Å². The van der Waals surface area contributed by atoms with E-state index in [9.17, 15) is 13.2 Å². The van der Waals surface area contributed by atoms with Crippen LogP contribution in [-0.2, 0) is 16.9 Å². The first-order valence-corrected chi connectivity index (χ1v) is 7.05. The number of sulfone groups is 1. The van der Waals surface area contributed by atoms with E-state index >= 15 is 0 Å². The second-order valence-corrected chi connectivity index (χ2v) is 5.87. The molecule has 6 nitrogen and oxygen atoms in total. The first kappa shape index (κ1) is 13.3. The lowest BCUT2D eigenvalue weighted by Gasteiger charge is -2.02. The van der Waals surface area contributed by atoms with Gasteiger partial charge in [0.25, 0.3) is 0 Å². The van der Waals surface area contributed by atoms with Gasteiger partial charge < -0.3 is 0 Å². The number of hydrogen-bond donors (Lipinski definition) is 0. The van der Waals surface area contributed by atoms with E-state index in [1.165, 1.54) is 24.0 Å². The van der Waals surface area contributed by atoms with Crippen LogP contribution in [0.4, 0.5) is 0 Å². The van der Waals surface area contributed by atoms with Gasteiger partial charge >= 0.3 is 5.69 Å².